The van der Waals surface area contributed by atoms with Crippen molar-refractivity contribution >= 4 is 23.6 Å². The molecule has 0 saturated carbocycles. The molecule has 0 aromatic heterocycles. The van der Waals surface area contributed by atoms with Crippen molar-refractivity contribution in [2.24, 2.45) is 0 Å². The van der Waals surface area contributed by atoms with E-state index in [1.165, 1.54) is 6.08 Å². The number of likely N-dealkylation sites (N-methyl/N-ethyl adjacent to an activating group) is 1. The first-order chi connectivity index (χ1) is 13.0. The summed E-state index contributed by atoms with van der Waals surface area (Å²) in [5.74, 6) is -0.134. The van der Waals surface area contributed by atoms with Crippen LogP contribution >= 0.6 is 0 Å². The molecule has 0 radical (unpaired) electrons. The maximum atomic E-state index is 12.3. The molecule has 0 spiro atoms. The molecule has 0 aliphatic carbocycles. The standard InChI is InChI=1S/C21H21N3O3/c1-3-23-20(25)14-27-18-10-8-16(9-11-18)12-17(13-22)21(26)24-19-7-5-4-6-15(19)2/h4-12H,3,14H2,1-2H3,(H,23,25)(H,24,26). The Labute approximate surface area is 158 Å². The van der Waals surface area contributed by atoms with Crippen molar-refractivity contribution in [1.29, 1.82) is 5.26 Å². The van der Waals surface area contributed by atoms with E-state index in [0.29, 0.717) is 23.5 Å². The number of nitriles is 1. The molecule has 2 rings (SSSR count). The molecular formula is C21H21N3O3. The number of hydrogen-bond donors (Lipinski definition) is 2. The molecule has 27 heavy (non-hydrogen) atoms. The average molecular weight is 363 g/mol. The van der Waals surface area contributed by atoms with Crippen molar-refractivity contribution in [2.75, 3.05) is 18.5 Å². The van der Waals surface area contributed by atoms with E-state index in [0.717, 1.165) is 5.56 Å². The van der Waals surface area contributed by atoms with Gasteiger partial charge < -0.3 is 15.4 Å². The maximum Gasteiger partial charge on any atom is 0.266 e. The van der Waals surface area contributed by atoms with E-state index < -0.39 is 5.91 Å². The number of carbonyl (C=O) groups is 2. The molecule has 6 nitrogen and oxygen atoms in total. The normalized spacial score (nSPS) is 10.6. The number of carbonyl (C=O) groups excluding carboxylic acids is 2. The van der Waals surface area contributed by atoms with Crippen molar-refractivity contribution in [1.82, 2.24) is 5.32 Å². The van der Waals surface area contributed by atoms with Crippen molar-refractivity contribution < 1.29 is 14.3 Å². The maximum absolute atomic E-state index is 12.3. The summed E-state index contributed by atoms with van der Waals surface area (Å²) in [5.41, 5.74) is 2.25. The van der Waals surface area contributed by atoms with E-state index >= 15 is 0 Å². The minimum Gasteiger partial charge on any atom is -0.484 e. The van der Waals surface area contributed by atoms with Crippen LogP contribution in [0.3, 0.4) is 0 Å². The lowest BCUT2D eigenvalue weighted by atomic mass is 10.1. The summed E-state index contributed by atoms with van der Waals surface area (Å²) in [5, 5.41) is 14.7. The third kappa shape index (κ3) is 6.01. The molecule has 0 heterocycles. The molecule has 0 unspecified atom stereocenters. The molecule has 6 heteroatoms. The summed E-state index contributed by atoms with van der Waals surface area (Å²) in [6.45, 7) is 4.20. The molecule has 0 aliphatic rings. The van der Waals surface area contributed by atoms with Crippen LogP contribution in [0.25, 0.3) is 6.08 Å². The highest BCUT2D eigenvalue weighted by Crippen LogP contribution is 2.17. The van der Waals surface area contributed by atoms with E-state index in [4.69, 9.17) is 4.74 Å². The average Bonchev–Trinajstić information content (AvgIpc) is 2.67. The van der Waals surface area contributed by atoms with Gasteiger partial charge in [-0.3, -0.25) is 9.59 Å². The van der Waals surface area contributed by atoms with E-state index in [9.17, 15) is 14.9 Å². The lowest BCUT2D eigenvalue weighted by Gasteiger charge is -2.08. The summed E-state index contributed by atoms with van der Waals surface area (Å²) in [7, 11) is 0. The number of benzene rings is 2. The van der Waals surface area contributed by atoms with Crippen molar-refractivity contribution in [3.8, 4) is 11.8 Å². The lowest BCUT2D eigenvalue weighted by molar-refractivity contribution is -0.123. The Balaban J connectivity index is 2.04. The highest BCUT2D eigenvalue weighted by Gasteiger charge is 2.10. The van der Waals surface area contributed by atoms with Crippen LogP contribution in [0.15, 0.2) is 54.1 Å². The van der Waals surface area contributed by atoms with Crippen molar-refractivity contribution in [3.63, 3.8) is 0 Å². The zero-order chi connectivity index (χ0) is 19.6. The molecule has 0 fully saturated rings. The van der Waals surface area contributed by atoms with E-state index in [1.807, 2.05) is 38.1 Å². The fourth-order valence-corrected chi connectivity index (χ4v) is 2.28. The topological polar surface area (TPSA) is 91.2 Å². The fourth-order valence-electron chi connectivity index (χ4n) is 2.28. The highest BCUT2D eigenvalue weighted by molar-refractivity contribution is 6.09. The number of amides is 2. The lowest BCUT2D eigenvalue weighted by Crippen LogP contribution is -2.28. The fraction of sp³-hybridized carbons (Fsp3) is 0.190. The minimum atomic E-state index is -0.469. The highest BCUT2D eigenvalue weighted by atomic mass is 16.5. The Morgan fingerprint density at radius 2 is 1.85 bits per heavy atom. The molecule has 0 bridgehead atoms. The zero-order valence-corrected chi connectivity index (χ0v) is 15.3. The quantitative estimate of drug-likeness (QED) is 0.584. The van der Waals surface area contributed by atoms with E-state index in [-0.39, 0.29) is 18.1 Å². The molecule has 2 aromatic rings. The van der Waals surface area contributed by atoms with Gasteiger partial charge in [-0.1, -0.05) is 30.3 Å². The van der Waals surface area contributed by atoms with Gasteiger partial charge in [0.15, 0.2) is 6.61 Å². The Hall–Kier alpha value is -3.59. The monoisotopic (exact) mass is 363 g/mol. The van der Waals surface area contributed by atoms with Crippen LogP contribution in [-0.4, -0.2) is 25.0 Å². The van der Waals surface area contributed by atoms with Gasteiger partial charge in [-0.25, -0.2) is 0 Å². The number of nitrogens with one attached hydrogen (secondary N) is 2. The second-order valence-electron chi connectivity index (χ2n) is 5.75. The van der Waals surface area contributed by atoms with Gasteiger partial charge >= 0.3 is 0 Å². The third-order valence-corrected chi connectivity index (χ3v) is 3.69. The van der Waals surface area contributed by atoms with Gasteiger partial charge in [0.2, 0.25) is 0 Å². The first-order valence-electron chi connectivity index (χ1n) is 8.51. The third-order valence-electron chi connectivity index (χ3n) is 3.69. The number of nitrogens with zero attached hydrogens (tertiary/aromatic N) is 1. The number of anilines is 1. The molecule has 0 atom stereocenters. The van der Waals surface area contributed by atoms with Gasteiger partial charge in [0.05, 0.1) is 0 Å². The summed E-state index contributed by atoms with van der Waals surface area (Å²) in [6.07, 6.45) is 1.50. The first kappa shape index (κ1) is 19.7. The van der Waals surface area contributed by atoms with Crippen molar-refractivity contribution in [2.45, 2.75) is 13.8 Å². The van der Waals surface area contributed by atoms with Crippen LogP contribution in [-0.2, 0) is 9.59 Å². The van der Waals surface area contributed by atoms with Crippen LogP contribution in [0.4, 0.5) is 5.69 Å². The minimum absolute atomic E-state index is 0.00533. The van der Waals surface area contributed by atoms with Crippen LogP contribution < -0.4 is 15.4 Å². The molecule has 0 aliphatic heterocycles. The van der Waals surface area contributed by atoms with E-state index in [1.54, 1.807) is 30.3 Å². The van der Waals surface area contributed by atoms with Gasteiger partial charge in [-0.2, -0.15) is 5.26 Å². The Bertz CT molecular complexity index is 880. The van der Waals surface area contributed by atoms with Gasteiger partial charge in [-0.15, -0.1) is 0 Å². The molecule has 2 aromatic carbocycles. The van der Waals surface area contributed by atoms with Crippen LogP contribution in [0.5, 0.6) is 5.75 Å². The molecule has 2 amide bonds. The molecule has 0 saturated heterocycles. The van der Waals surface area contributed by atoms with Gasteiger partial charge in [-0.05, 0) is 49.2 Å². The van der Waals surface area contributed by atoms with Gasteiger partial charge in [0.25, 0.3) is 11.8 Å². The smallest absolute Gasteiger partial charge is 0.266 e. The van der Waals surface area contributed by atoms with Crippen LogP contribution in [0, 0.1) is 18.3 Å². The predicted octanol–water partition coefficient (Wildman–Crippen LogP) is 3.06. The summed E-state index contributed by atoms with van der Waals surface area (Å²) in [6, 6.07) is 16.1. The Kier molecular flexibility index (Phi) is 7.15. The van der Waals surface area contributed by atoms with E-state index in [2.05, 4.69) is 10.6 Å². The number of rotatable bonds is 7. The summed E-state index contributed by atoms with van der Waals surface area (Å²) >= 11 is 0. The molecule has 138 valence electrons. The second-order valence-corrected chi connectivity index (χ2v) is 5.75. The number of hydrogen-bond acceptors (Lipinski definition) is 4. The summed E-state index contributed by atoms with van der Waals surface area (Å²) < 4.78 is 5.37. The Morgan fingerprint density at radius 1 is 1.15 bits per heavy atom. The first-order valence-corrected chi connectivity index (χ1v) is 8.51. The van der Waals surface area contributed by atoms with Gasteiger partial charge in [0.1, 0.15) is 17.4 Å². The summed E-state index contributed by atoms with van der Waals surface area (Å²) in [4.78, 5) is 23.7. The SMILES string of the molecule is CCNC(=O)COc1ccc(C=C(C#N)C(=O)Nc2ccccc2C)cc1. The van der Waals surface area contributed by atoms with Crippen LogP contribution in [0.2, 0.25) is 0 Å². The second kappa shape index (κ2) is 9.78. The Morgan fingerprint density at radius 3 is 2.48 bits per heavy atom. The molecule has 2 N–H and O–H groups in total. The predicted molar refractivity (Wildman–Crippen MR) is 104 cm³/mol. The largest absolute Gasteiger partial charge is 0.484 e. The zero-order valence-electron chi connectivity index (χ0n) is 15.3. The molecular weight excluding hydrogens is 342 g/mol. The van der Waals surface area contributed by atoms with Crippen molar-refractivity contribution in [3.05, 3.63) is 65.2 Å². The number of para-hydroxylation sites is 1. The number of ether oxygens (including phenoxy) is 1. The number of aryl methyl sites for hydroxylation is 1. The van der Waals surface area contributed by atoms with Crippen LogP contribution in [0.1, 0.15) is 18.1 Å². The van der Waals surface area contributed by atoms with Gasteiger partial charge in [0, 0.05) is 12.2 Å².